The fourth-order valence-electron chi connectivity index (χ4n) is 3.95. The Bertz CT molecular complexity index is 496. The minimum Gasteiger partial charge on any atom is -0.336 e. The summed E-state index contributed by atoms with van der Waals surface area (Å²) in [6.07, 6.45) is 9.25. The molecule has 2 aliphatic rings. The molecule has 0 aliphatic carbocycles. The minimum absolute atomic E-state index is 0. The highest BCUT2D eigenvalue weighted by Crippen LogP contribution is 2.33. The number of fused-ring (bicyclic) bond motifs is 2. The van der Waals surface area contributed by atoms with Crippen LogP contribution in [0.15, 0.2) is 24.5 Å². The van der Waals surface area contributed by atoms with E-state index in [0.29, 0.717) is 36.9 Å². The third-order valence-corrected chi connectivity index (χ3v) is 5.05. The molecule has 3 rings (SSSR count). The van der Waals surface area contributed by atoms with Gasteiger partial charge in [-0.15, -0.1) is 12.4 Å². The molecule has 0 spiro atoms. The van der Waals surface area contributed by atoms with E-state index in [-0.39, 0.29) is 18.4 Å². The van der Waals surface area contributed by atoms with Crippen molar-refractivity contribution in [3.8, 4) is 0 Å². The molecule has 2 aliphatic heterocycles. The number of hydrogen-bond donors (Lipinski definition) is 1. The zero-order chi connectivity index (χ0) is 15.5. The van der Waals surface area contributed by atoms with Gasteiger partial charge < -0.3 is 10.2 Å². The Labute approximate surface area is 145 Å². The van der Waals surface area contributed by atoms with E-state index in [4.69, 9.17) is 0 Å². The van der Waals surface area contributed by atoms with Gasteiger partial charge in [0, 0.05) is 43.5 Å². The van der Waals surface area contributed by atoms with Gasteiger partial charge in [-0.05, 0) is 57.1 Å². The number of nitrogens with zero attached hydrogens (tertiary/aromatic N) is 2. The van der Waals surface area contributed by atoms with Crippen molar-refractivity contribution in [2.24, 2.45) is 5.92 Å². The largest absolute Gasteiger partial charge is 0.336 e. The van der Waals surface area contributed by atoms with Crippen LogP contribution in [0.3, 0.4) is 0 Å². The predicted molar refractivity (Wildman–Crippen MR) is 94.5 cm³/mol. The number of piperidine rings is 1. The number of aromatic nitrogens is 1. The number of carbonyl (C=O) groups is 1. The number of rotatable bonds is 5. The summed E-state index contributed by atoms with van der Waals surface area (Å²) in [4.78, 5) is 18.9. The second-order valence-electron chi connectivity index (χ2n) is 7.16. The molecule has 0 aromatic carbocycles. The Hall–Kier alpha value is -1.13. The SMILES string of the molecule is CC(C)N(Cc1cccnc1)C(=O)CC1CC2CCC(C1)N2.Cl. The lowest BCUT2D eigenvalue weighted by Crippen LogP contribution is -2.42. The van der Waals surface area contributed by atoms with Crippen LogP contribution < -0.4 is 5.32 Å². The van der Waals surface area contributed by atoms with Crippen molar-refractivity contribution in [2.75, 3.05) is 0 Å². The van der Waals surface area contributed by atoms with Gasteiger partial charge in [-0.25, -0.2) is 0 Å². The molecule has 1 aromatic rings. The van der Waals surface area contributed by atoms with Crippen LogP contribution in [-0.4, -0.2) is 33.9 Å². The smallest absolute Gasteiger partial charge is 0.223 e. The molecule has 0 radical (unpaired) electrons. The Kier molecular flexibility index (Phi) is 6.42. The van der Waals surface area contributed by atoms with Crippen LogP contribution in [0, 0.1) is 5.92 Å². The fourth-order valence-corrected chi connectivity index (χ4v) is 3.95. The molecule has 5 heteroatoms. The first kappa shape index (κ1) is 18.2. The number of carbonyl (C=O) groups excluding carboxylic acids is 1. The van der Waals surface area contributed by atoms with Crippen molar-refractivity contribution in [1.82, 2.24) is 15.2 Å². The summed E-state index contributed by atoms with van der Waals surface area (Å²) in [7, 11) is 0. The first-order valence-corrected chi connectivity index (χ1v) is 8.56. The van der Waals surface area contributed by atoms with E-state index in [1.165, 1.54) is 25.7 Å². The number of amides is 1. The van der Waals surface area contributed by atoms with E-state index in [0.717, 1.165) is 5.56 Å². The van der Waals surface area contributed by atoms with Crippen molar-refractivity contribution in [3.05, 3.63) is 30.1 Å². The van der Waals surface area contributed by atoms with E-state index in [2.05, 4.69) is 24.1 Å². The number of halogens is 1. The summed E-state index contributed by atoms with van der Waals surface area (Å²) in [6.45, 7) is 4.86. The van der Waals surface area contributed by atoms with Crippen LogP contribution in [0.5, 0.6) is 0 Å². The zero-order valence-electron chi connectivity index (χ0n) is 14.1. The lowest BCUT2D eigenvalue weighted by molar-refractivity contribution is -0.134. The molecule has 3 heterocycles. The maximum atomic E-state index is 12.8. The Morgan fingerprint density at radius 2 is 2.04 bits per heavy atom. The van der Waals surface area contributed by atoms with Crippen LogP contribution in [0.2, 0.25) is 0 Å². The molecule has 0 saturated carbocycles. The van der Waals surface area contributed by atoms with E-state index >= 15 is 0 Å². The normalized spacial score (nSPS) is 26.0. The van der Waals surface area contributed by atoms with E-state index in [1.807, 2.05) is 23.2 Å². The average molecular weight is 338 g/mol. The third kappa shape index (κ3) is 4.67. The van der Waals surface area contributed by atoms with Gasteiger partial charge in [-0.2, -0.15) is 0 Å². The molecule has 2 atom stereocenters. The second-order valence-corrected chi connectivity index (χ2v) is 7.16. The lowest BCUT2D eigenvalue weighted by Gasteiger charge is -2.32. The Balaban J connectivity index is 0.00000192. The molecule has 2 saturated heterocycles. The van der Waals surface area contributed by atoms with Gasteiger partial charge >= 0.3 is 0 Å². The van der Waals surface area contributed by atoms with Gasteiger partial charge in [0.1, 0.15) is 0 Å². The van der Waals surface area contributed by atoms with E-state index in [9.17, 15) is 4.79 Å². The van der Waals surface area contributed by atoms with Crippen LogP contribution >= 0.6 is 12.4 Å². The zero-order valence-corrected chi connectivity index (χ0v) is 14.9. The van der Waals surface area contributed by atoms with Crippen molar-refractivity contribution < 1.29 is 4.79 Å². The molecule has 2 fully saturated rings. The number of pyridine rings is 1. The highest BCUT2D eigenvalue weighted by Gasteiger charge is 2.35. The molecule has 2 bridgehead atoms. The van der Waals surface area contributed by atoms with Gasteiger partial charge in [-0.3, -0.25) is 9.78 Å². The summed E-state index contributed by atoms with van der Waals surface area (Å²) < 4.78 is 0. The fraction of sp³-hybridized carbons (Fsp3) is 0.667. The molecule has 4 nitrogen and oxygen atoms in total. The minimum atomic E-state index is 0. The lowest BCUT2D eigenvalue weighted by atomic mass is 9.89. The van der Waals surface area contributed by atoms with Crippen molar-refractivity contribution >= 4 is 18.3 Å². The summed E-state index contributed by atoms with van der Waals surface area (Å²) in [6, 6.07) is 5.51. The van der Waals surface area contributed by atoms with Crippen molar-refractivity contribution in [2.45, 2.75) is 70.6 Å². The molecule has 1 aromatic heterocycles. The molecule has 2 unspecified atom stereocenters. The molecule has 23 heavy (non-hydrogen) atoms. The third-order valence-electron chi connectivity index (χ3n) is 5.05. The first-order chi connectivity index (χ1) is 10.6. The molecule has 1 amide bonds. The van der Waals surface area contributed by atoms with Gasteiger partial charge in [-0.1, -0.05) is 6.07 Å². The second kappa shape index (κ2) is 8.11. The average Bonchev–Trinajstić information content (AvgIpc) is 2.84. The molecular formula is C18H28ClN3O. The van der Waals surface area contributed by atoms with Gasteiger partial charge in [0.2, 0.25) is 5.91 Å². The van der Waals surface area contributed by atoms with Crippen LogP contribution in [0.4, 0.5) is 0 Å². The highest BCUT2D eigenvalue weighted by molar-refractivity contribution is 5.85. The molecular weight excluding hydrogens is 310 g/mol. The summed E-state index contributed by atoms with van der Waals surface area (Å²) in [5.41, 5.74) is 1.11. The first-order valence-electron chi connectivity index (χ1n) is 8.56. The van der Waals surface area contributed by atoms with Crippen molar-refractivity contribution in [1.29, 1.82) is 0 Å². The van der Waals surface area contributed by atoms with Gasteiger partial charge in [0.05, 0.1) is 0 Å². The topological polar surface area (TPSA) is 45.2 Å². The maximum Gasteiger partial charge on any atom is 0.223 e. The summed E-state index contributed by atoms with van der Waals surface area (Å²) >= 11 is 0. The van der Waals surface area contributed by atoms with E-state index < -0.39 is 0 Å². The monoisotopic (exact) mass is 337 g/mol. The summed E-state index contributed by atoms with van der Waals surface area (Å²) in [5.74, 6) is 0.853. The van der Waals surface area contributed by atoms with Crippen LogP contribution in [0.25, 0.3) is 0 Å². The summed E-state index contributed by atoms with van der Waals surface area (Å²) in [5, 5.41) is 3.65. The van der Waals surface area contributed by atoms with Crippen LogP contribution in [-0.2, 0) is 11.3 Å². The highest BCUT2D eigenvalue weighted by atomic mass is 35.5. The number of hydrogen-bond acceptors (Lipinski definition) is 3. The number of nitrogens with one attached hydrogen (secondary N) is 1. The molecule has 128 valence electrons. The van der Waals surface area contributed by atoms with Crippen LogP contribution in [0.1, 0.15) is 51.5 Å². The van der Waals surface area contributed by atoms with Gasteiger partial charge in [0.25, 0.3) is 0 Å². The Morgan fingerprint density at radius 1 is 1.35 bits per heavy atom. The van der Waals surface area contributed by atoms with Crippen molar-refractivity contribution in [3.63, 3.8) is 0 Å². The Morgan fingerprint density at radius 3 is 2.61 bits per heavy atom. The predicted octanol–water partition coefficient (Wildman–Crippen LogP) is 3.16. The van der Waals surface area contributed by atoms with Gasteiger partial charge in [0.15, 0.2) is 0 Å². The standard InChI is InChI=1S/C18H27N3O.ClH/c1-13(2)21(12-14-4-3-7-19-11-14)18(22)10-15-8-16-5-6-17(9-15)20-16;/h3-4,7,11,13,15-17,20H,5-6,8-10,12H2,1-2H3;1H. The maximum absolute atomic E-state index is 12.8. The molecule has 1 N–H and O–H groups in total. The quantitative estimate of drug-likeness (QED) is 0.897. The van der Waals surface area contributed by atoms with E-state index in [1.54, 1.807) is 6.20 Å².